The van der Waals surface area contributed by atoms with E-state index in [1.807, 2.05) is 48.5 Å². The van der Waals surface area contributed by atoms with Crippen LogP contribution in [0.25, 0.3) is 0 Å². The van der Waals surface area contributed by atoms with Crippen molar-refractivity contribution in [3.63, 3.8) is 0 Å². The summed E-state index contributed by atoms with van der Waals surface area (Å²) >= 11 is 1.52. The molecule has 0 aliphatic carbocycles. The van der Waals surface area contributed by atoms with Crippen molar-refractivity contribution >= 4 is 35.2 Å². The van der Waals surface area contributed by atoms with E-state index in [1.54, 1.807) is 6.07 Å². The maximum absolute atomic E-state index is 12.4. The number of carbonyl (C=O) groups is 3. The Balaban J connectivity index is 1.64. The summed E-state index contributed by atoms with van der Waals surface area (Å²) in [7, 11) is 0. The molecular weight excluding hydrogens is 362 g/mol. The molecule has 0 saturated carbocycles. The van der Waals surface area contributed by atoms with Gasteiger partial charge in [0.15, 0.2) is 0 Å². The van der Waals surface area contributed by atoms with Gasteiger partial charge >= 0.3 is 11.8 Å². The summed E-state index contributed by atoms with van der Waals surface area (Å²) in [6.07, 6.45) is 0.990. The van der Waals surface area contributed by atoms with Crippen molar-refractivity contribution in [3.8, 4) is 0 Å². The van der Waals surface area contributed by atoms with Gasteiger partial charge in [-0.05, 0) is 37.1 Å². The molecule has 7 heteroatoms. The molecule has 2 aromatic carbocycles. The first kappa shape index (κ1) is 19.0. The summed E-state index contributed by atoms with van der Waals surface area (Å²) in [6.45, 7) is 0.723. The summed E-state index contributed by atoms with van der Waals surface area (Å²) in [6, 6.07) is 17.2. The van der Waals surface area contributed by atoms with E-state index < -0.39 is 11.8 Å². The quantitative estimate of drug-likeness (QED) is 0.794. The first-order valence-electron chi connectivity index (χ1n) is 8.76. The molecule has 0 atom stereocenters. The topological polar surface area (TPSA) is 92.5 Å². The number of hydrogen-bond donors (Lipinski definition) is 2. The number of nitrogens with zero attached hydrogens (tertiary/aromatic N) is 1. The monoisotopic (exact) mass is 383 g/mol. The van der Waals surface area contributed by atoms with Crippen molar-refractivity contribution < 1.29 is 14.4 Å². The van der Waals surface area contributed by atoms with Gasteiger partial charge < -0.3 is 16.0 Å². The van der Waals surface area contributed by atoms with Crippen LogP contribution < -0.4 is 11.1 Å². The van der Waals surface area contributed by atoms with Gasteiger partial charge in [-0.1, -0.05) is 42.1 Å². The van der Waals surface area contributed by atoms with Crippen LogP contribution in [0.2, 0.25) is 0 Å². The number of anilines is 1. The van der Waals surface area contributed by atoms with Gasteiger partial charge in [0.25, 0.3) is 0 Å². The summed E-state index contributed by atoms with van der Waals surface area (Å²) in [5, 5.41) is 2.72. The molecule has 140 valence electrons. The van der Waals surface area contributed by atoms with Gasteiger partial charge in [0.1, 0.15) is 0 Å². The highest BCUT2D eigenvalue weighted by molar-refractivity contribution is 7.99. The van der Waals surface area contributed by atoms with Crippen LogP contribution in [0.5, 0.6) is 0 Å². The van der Waals surface area contributed by atoms with Crippen molar-refractivity contribution in [1.29, 1.82) is 0 Å². The zero-order chi connectivity index (χ0) is 19.2. The molecule has 0 unspecified atom stereocenters. The van der Waals surface area contributed by atoms with E-state index in [2.05, 4.69) is 5.32 Å². The van der Waals surface area contributed by atoms with E-state index in [0.717, 1.165) is 9.79 Å². The zero-order valence-corrected chi connectivity index (χ0v) is 15.6. The first-order valence-corrected chi connectivity index (χ1v) is 9.58. The van der Waals surface area contributed by atoms with Crippen LogP contribution in [0.3, 0.4) is 0 Å². The van der Waals surface area contributed by atoms with Crippen molar-refractivity contribution in [2.24, 2.45) is 11.7 Å². The minimum atomic E-state index is -0.673. The second-order valence-corrected chi connectivity index (χ2v) is 7.45. The average Bonchev–Trinajstić information content (AvgIpc) is 2.69. The van der Waals surface area contributed by atoms with Crippen LogP contribution in [0.4, 0.5) is 5.69 Å². The lowest BCUT2D eigenvalue weighted by atomic mass is 9.96. The van der Waals surface area contributed by atoms with Crippen LogP contribution >= 0.6 is 11.8 Å². The highest BCUT2D eigenvalue weighted by Crippen LogP contribution is 2.33. The number of primary amides is 1. The van der Waals surface area contributed by atoms with E-state index >= 15 is 0 Å². The Morgan fingerprint density at radius 2 is 1.59 bits per heavy atom. The van der Waals surface area contributed by atoms with Gasteiger partial charge in [-0.3, -0.25) is 14.4 Å². The number of nitrogens with two attached hydrogens (primary N) is 1. The normalized spacial score (nSPS) is 14.6. The fraction of sp³-hybridized carbons (Fsp3) is 0.250. The van der Waals surface area contributed by atoms with Crippen LogP contribution in [0.1, 0.15) is 12.8 Å². The van der Waals surface area contributed by atoms with Gasteiger partial charge in [-0.15, -0.1) is 0 Å². The molecule has 1 saturated heterocycles. The number of likely N-dealkylation sites (tertiary alicyclic amines) is 1. The van der Waals surface area contributed by atoms with Crippen molar-refractivity contribution in [1.82, 2.24) is 4.90 Å². The molecule has 0 aromatic heterocycles. The Kier molecular flexibility index (Phi) is 6.13. The average molecular weight is 383 g/mol. The number of benzene rings is 2. The van der Waals surface area contributed by atoms with Crippen molar-refractivity contribution in [2.75, 3.05) is 18.4 Å². The number of carbonyl (C=O) groups excluding carboxylic acids is 3. The molecule has 0 spiro atoms. The number of nitrogens with one attached hydrogen (secondary N) is 1. The van der Waals surface area contributed by atoms with Crippen LogP contribution in [-0.4, -0.2) is 35.7 Å². The minimum Gasteiger partial charge on any atom is -0.369 e. The lowest BCUT2D eigenvalue weighted by Gasteiger charge is -2.30. The van der Waals surface area contributed by atoms with Crippen molar-refractivity contribution in [2.45, 2.75) is 22.6 Å². The third-order valence-electron chi connectivity index (χ3n) is 4.49. The second kappa shape index (κ2) is 8.73. The number of piperidine rings is 1. The molecule has 1 heterocycles. The second-order valence-electron chi connectivity index (χ2n) is 6.33. The van der Waals surface area contributed by atoms with Crippen LogP contribution in [0.15, 0.2) is 64.4 Å². The first-order chi connectivity index (χ1) is 13.0. The van der Waals surface area contributed by atoms with Crippen LogP contribution in [0, 0.1) is 5.92 Å². The van der Waals surface area contributed by atoms with E-state index in [4.69, 9.17) is 5.73 Å². The molecule has 3 amide bonds. The van der Waals surface area contributed by atoms with Gasteiger partial charge in [0, 0.05) is 28.8 Å². The summed E-state index contributed by atoms with van der Waals surface area (Å²) in [4.78, 5) is 39.5. The molecule has 1 fully saturated rings. The smallest absolute Gasteiger partial charge is 0.313 e. The third kappa shape index (κ3) is 4.89. The lowest BCUT2D eigenvalue weighted by Crippen LogP contribution is -2.46. The zero-order valence-electron chi connectivity index (χ0n) is 14.8. The number of para-hydroxylation sites is 1. The molecular formula is C20H21N3O3S. The molecule has 27 heavy (non-hydrogen) atoms. The van der Waals surface area contributed by atoms with E-state index in [9.17, 15) is 14.4 Å². The Labute approximate surface area is 162 Å². The van der Waals surface area contributed by atoms with Gasteiger partial charge in [0.2, 0.25) is 5.91 Å². The highest BCUT2D eigenvalue weighted by Gasteiger charge is 2.29. The molecule has 3 rings (SSSR count). The van der Waals surface area contributed by atoms with Crippen molar-refractivity contribution in [3.05, 3.63) is 54.6 Å². The lowest BCUT2D eigenvalue weighted by molar-refractivity contribution is -0.144. The number of amides is 3. The van der Waals surface area contributed by atoms with Gasteiger partial charge in [0.05, 0.1) is 5.69 Å². The SMILES string of the molecule is NC(=O)C1CCN(C(=O)C(=O)Nc2ccccc2Sc2ccccc2)CC1. The number of hydrogen-bond acceptors (Lipinski definition) is 4. The largest absolute Gasteiger partial charge is 0.369 e. The maximum atomic E-state index is 12.4. The molecule has 0 bridgehead atoms. The molecule has 1 aliphatic rings. The predicted molar refractivity (Wildman–Crippen MR) is 104 cm³/mol. The van der Waals surface area contributed by atoms with E-state index in [-0.39, 0.29) is 11.8 Å². The fourth-order valence-corrected chi connectivity index (χ4v) is 3.88. The van der Waals surface area contributed by atoms with E-state index in [1.165, 1.54) is 16.7 Å². The summed E-state index contributed by atoms with van der Waals surface area (Å²) < 4.78 is 0. The Bertz CT molecular complexity index is 833. The third-order valence-corrected chi connectivity index (χ3v) is 5.57. The Hall–Kier alpha value is -2.80. The summed E-state index contributed by atoms with van der Waals surface area (Å²) in [5.41, 5.74) is 5.90. The Morgan fingerprint density at radius 3 is 2.26 bits per heavy atom. The molecule has 0 radical (unpaired) electrons. The molecule has 2 aromatic rings. The fourth-order valence-electron chi connectivity index (χ4n) is 2.96. The van der Waals surface area contributed by atoms with Crippen LogP contribution in [-0.2, 0) is 14.4 Å². The molecule has 1 aliphatic heterocycles. The van der Waals surface area contributed by atoms with E-state index in [0.29, 0.717) is 31.6 Å². The standard InChI is InChI=1S/C20H21N3O3S/c21-18(24)14-10-12-23(13-11-14)20(26)19(25)22-16-8-4-5-9-17(16)27-15-6-2-1-3-7-15/h1-9,14H,10-13H2,(H2,21,24)(H,22,25). The summed E-state index contributed by atoms with van der Waals surface area (Å²) in [5.74, 6) is -1.83. The number of rotatable bonds is 4. The minimum absolute atomic E-state index is 0.222. The van der Waals surface area contributed by atoms with Gasteiger partial charge in [-0.2, -0.15) is 0 Å². The Morgan fingerprint density at radius 1 is 0.963 bits per heavy atom. The van der Waals surface area contributed by atoms with Gasteiger partial charge in [-0.25, -0.2) is 0 Å². The molecule has 6 nitrogen and oxygen atoms in total. The maximum Gasteiger partial charge on any atom is 0.313 e. The highest BCUT2D eigenvalue weighted by atomic mass is 32.2. The predicted octanol–water partition coefficient (Wildman–Crippen LogP) is 2.50. The molecule has 3 N–H and O–H groups in total.